The van der Waals surface area contributed by atoms with Crippen molar-refractivity contribution in [3.8, 4) is 0 Å². The lowest BCUT2D eigenvalue weighted by Crippen LogP contribution is -2.24. The normalized spacial score (nSPS) is 12.8. The van der Waals surface area contributed by atoms with E-state index in [1.165, 1.54) is 5.56 Å². The first kappa shape index (κ1) is 16.3. The standard InChI is InChI=1S/C15H25ClN2O/c1-11(2)19-9-8-18(5)15-7-6-13(10-14(15)16)12(3)17-4/h6-7,10-12,17H,8-9H2,1-5H3. The van der Waals surface area contributed by atoms with Crippen LogP contribution < -0.4 is 10.2 Å². The van der Waals surface area contributed by atoms with Gasteiger partial charge >= 0.3 is 0 Å². The molecular weight excluding hydrogens is 260 g/mol. The maximum Gasteiger partial charge on any atom is 0.0644 e. The molecule has 0 spiro atoms. The van der Waals surface area contributed by atoms with Crippen molar-refractivity contribution < 1.29 is 4.74 Å². The summed E-state index contributed by atoms with van der Waals surface area (Å²) in [6, 6.07) is 6.52. The van der Waals surface area contributed by atoms with Gasteiger partial charge in [0.2, 0.25) is 0 Å². The first-order chi connectivity index (χ1) is 8.95. The second kappa shape index (κ2) is 7.73. The third-order valence-corrected chi connectivity index (χ3v) is 3.50. The van der Waals surface area contributed by atoms with E-state index in [1.54, 1.807) is 0 Å². The lowest BCUT2D eigenvalue weighted by atomic mass is 10.1. The minimum atomic E-state index is 0.266. The van der Waals surface area contributed by atoms with Gasteiger partial charge in [-0.05, 0) is 45.5 Å². The van der Waals surface area contributed by atoms with Gasteiger partial charge in [0, 0.05) is 19.6 Å². The van der Waals surface area contributed by atoms with Gasteiger partial charge in [-0.3, -0.25) is 0 Å². The van der Waals surface area contributed by atoms with Crippen LogP contribution in [0.3, 0.4) is 0 Å². The van der Waals surface area contributed by atoms with Gasteiger partial charge in [0.15, 0.2) is 0 Å². The minimum absolute atomic E-state index is 0.266. The molecule has 0 aromatic heterocycles. The number of likely N-dealkylation sites (N-methyl/N-ethyl adjacent to an activating group) is 1. The molecule has 1 atom stereocenters. The second-order valence-electron chi connectivity index (χ2n) is 5.06. The molecule has 0 saturated heterocycles. The third kappa shape index (κ3) is 5.01. The Morgan fingerprint density at radius 1 is 1.32 bits per heavy atom. The van der Waals surface area contributed by atoms with Gasteiger partial charge in [0.1, 0.15) is 0 Å². The molecule has 0 amide bonds. The average Bonchev–Trinajstić information content (AvgIpc) is 2.36. The molecular formula is C15H25ClN2O. The van der Waals surface area contributed by atoms with Gasteiger partial charge in [-0.15, -0.1) is 0 Å². The van der Waals surface area contributed by atoms with Crippen molar-refractivity contribution in [1.29, 1.82) is 0 Å². The highest BCUT2D eigenvalue weighted by molar-refractivity contribution is 6.33. The van der Waals surface area contributed by atoms with Crippen LogP contribution in [-0.2, 0) is 4.74 Å². The summed E-state index contributed by atoms with van der Waals surface area (Å²) in [5.74, 6) is 0. The summed E-state index contributed by atoms with van der Waals surface area (Å²) in [4.78, 5) is 2.12. The van der Waals surface area contributed by atoms with Crippen LogP contribution in [0.4, 0.5) is 5.69 Å². The van der Waals surface area contributed by atoms with E-state index in [2.05, 4.69) is 29.3 Å². The third-order valence-electron chi connectivity index (χ3n) is 3.19. The molecule has 3 nitrogen and oxygen atoms in total. The maximum absolute atomic E-state index is 6.36. The Balaban J connectivity index is 2.67. The van der Waals surface area contributed by atoms with Crippen LogP contribution in [0.1, 0.15) is 32.4 Å². The second-order valence-corrected chi connectivity index (χ2v) is 5.47. The van der Waals surface area contributed by atoms with Crippen LogP contribution in [-0.4, -0.2) is 33.4 Å². The number of ether oxygens (including phenoxy) is 1. The molecule has 1 rings (SSSR count). The van der Waals surface area contributed by atoms with Crippen LogP contribution in [0.5, 0.6) is 0 Å². The zero-order valence-electron chi connectivity index (χ0n) is 12.5. The molecule has 1 unspecified atom stereocenters. The number of rotatable bonds is 7. The van der Waals surface area contributed by atoms with Crippen molar-refractivity contribution in [2.75, 3.05) is 32.1 Å². The number of hydrogen-bond acceptors (Lipinski definition) is 3. The monoisotopic (exact) mass is 284 g/mol. The smallest absolute Gasteiger partial charge is 0.0644 e. The predicted octanol–water partition coefficient (Wildman–Crippen LogP) is 3.48. The highest BCUT2D eigenvalue weighted by atomic mass is 35.5. The molecule has 0 radical (unpaired) electrons. The Morgan fingerprint density at radius 3 is 2.53 bits per heavy atom. The van der Waals surface area contributed by atoms with Crippen molar-refractivity contribution in [1.82, 2.24) is 5.32 Å². The van der Waals surface area contributed by atoms with Crippen LogP contribution in [0, 0.1) is 0 Å². The SMILES string of the molecule is CNC(C)c1ccc(N(C)CCOC(C)C)c(Cl)c1. The molecule has 0 fully saturated rings. The highest BCUT2D eigenvalue weighted by Crippen LogP contribution is 2.28. The van der Waals surface area contributed by atoms with Gasteiger partial charge < -0.3 is 15.0 Å². The topological polar surface area (TPSA) is 24.5 Å². The fourth-order valence-corrected chi connectivity index (χ4v) is 2.15. The largest absolute Gasteiger partial charge is 0.377 e. The number of hydrogen-bond donors (Lipinski definition) is 1. The molecule has 0 aliphatic heterocycles. The molecule has 1 aromatic carbocycles. The van der Waals surface area contributed by atoms with Crippen LogP contribution in [0.15, 0.2) is 18.2 Å². The first-order valence-corrected chi connectivity index (χ1v) is 7.13. The molecule has 108 valence electrons. The number of nitrogens with zero attached hydrogens (tertiary/aromatic N) is 1. The number of anilines is 1. The number of halogens is 1. The highest BCUT2D eigenvalue weighted by Gasteiger charge is 2.09. The molecule has 0 bridgehead atoms. The van der Waals surface area contributed by atoms with Crippen molar-refractivity contribution in [3.05, 3.63) is 28.8 Å². The molecule has 0 saturated carbocycles. The Morgan fingerprint density at radius 2 is 2.00 bits per heavy atom. The van der Waals surface area contributed by atoms with E-state index in [0.29, 0.717) is 12.6 Å². The predicted molar refractivity (Wildman–Crippen MR) is 83.3 cm³/mol. The molecule has 19 heavy (non-hydrogen) atoms. The first-order valence-electron chi connectivity index (χ1n) is 6.75. The summed E-state index contributed by atoms with van der Waals surface area (Å²) in [5.41, 5.74) is 2.24. The maximum atomic E-state index is 6.36. The summed E-state index contributed by atoms with van der Waals surface area (Å²) >= 11 is 6.36. The zero-order chi connectivity index (χ0) is 14.4. The quantitative estimate of drug-likeness (QED) is 0.830. The van der Waals surface area contributed by atoms with E-state index in [1.807, 2.05) is 34.0 Å². The fraction of sp³-hybridized carbons (Fsp3) is 0.600. The van der Waals surface area contributed by atoms with Gasteiger partial charge in [-0.25, -0.2) is 0 Å². The minimum Gasteiger partial charge on any atom is -0.377 e. The van der Waals surface area contributed by atoms with E-state index in [0.717, 1.165) is 17.3 Å². The molecule has 0 heterocycles. The zero-order valence-corrected chi connectivity index (χ0v) is 13.3. The lowest BCUT2D eigenvalue weighted by Gasteiger charge is -2.22. The fourth-order valence-electron chi connectivity index (χ4n) is 1.81. The average molecular weight is 285 g/mol. The number of nitrogens with one attached hydrogen (secondary N) is 1. The van der Waals surface area contributed by atoms with E-state index in [9.17, 15) is 0 Å². The lowest BCUT2D eigenvalue weighted by molar-refractivity contribution is 0.0846. The summed E-state index contributed by atoms with van der Waals surface area (Å²) in [5, 5.41) is 4.00. The van der Waals surface area contributed by atoms with E-state index in [-0.39, 0.29) is 6.10 Å². The summed E-state index contributed by atoms with van der Waals surface area (Å²) in [6.45, 7) is 7.74. The van der Waals surface area contributed by atoms with Crippen molar-refractivity contribution >= 4 is 17.3 Å². The van der Waals surface area contributed by atoms with Gasteiger partial charge in [0.25, 0.3) is 0 Å². The van der Waals surface area contributed by atoms with Crippen molar-refractivity contribution in [2.45, 2.75) is 32.9 Å². The van der Waals surface area contributed by atoms with Crippen molar-refractivity contribution in [3.63, 3.8) is 0 Å². The Labute approximate surface area is 121 Å². The van der Waals surface area contributed by atoms with Gasteiger partial charge in [-0.2, -0.15) is 0 Å². The van der Waals surface area contributed by atoms with E-state index in [4.69, 9.17) is 16.3 Å². The molecule has 4 heteroatoms. The molecule has 0 aliphatic rings. The van der Waals surface area contributed by atoms with E-state index < -0.39 is 0 Å². The Hall–Kier alpha value is -0.770. The summed E-state index contributed by atoms with van der Waals surface area (Å²) in [6.07, 6.45) is 0.266. The van der Waals surface area contributed by atoms with Gasteiger partial charge in [-0.1, -0.05) is 17.7 Å². The molecule has 1 aromatic rings. The summed E-state index contributed by atoms with van der Waals surface area (Å²) in [7, 11) is 3.98. The molecule has 1 N–H and O–H groups in total. The van der Waals surface area contributed by atoms with E-state index >= 15 is 0 Å². The number of benzene rings is 1. The van der Waals surface area contributed by atoms with Gasteiger partial charge in [0.05, 0.1) is 23.4 Å². The Kier molecular flexibility index (Phi) is 6.63. The van der Waals surface area contributed by atoms with Crippen LogP contribution in [0.2, 0.25) is 5.02 Å². The van der Waals surface area contributed by atoms with Crippen LogP contribution in [0.25, 0.3) is 0 Å². The van der Waals surface area contributed by atoms with Crippen molar-refractivity contribution in [2.24, 2.45) is 0 Å². The van der Waals surface area contributed by atoms with Crippen LogP contribution >= 0.6 is 11.6 Å². The summed E-state index contributed by atoms with van der Waals surface area (Å²) < 4.78 is 5.56. The Bertz CT molecular complexity index is 396. The molecule has 0 aliphatic carbocycles.